The SMILES string of the molecule is Cc1ccc([N+](=O)[O-])c(NC(C)c2cc(O)ccc2O)c1. The van der Waals surface area contributed by atoms with Crippen LogP contribution < -0.4 is 5.32 Å². The number of hydrogen-bond acceptors (Lipinski definition) is 5. The van der Waals surface area contributed by atoms with Crippen LogP contribution in [0.4, 0.5) is 11.4 Å². The predicted octanol–water partition coefficient (Wildman–Crippen LogP) is 3.49. The van der Waals surface area contributed by atoms with Crippen LogP contribution in [0, 0.1) is 17.0 Å². The highest BCUT2D eigenvalue weighted by Gasteiger charge is 2.18. The van der Waals surface area contributed by atoms with Gasteiger partial charge in [0.2, 0.25) is 0 Å². The molecular weight excluding hydrogens is 272 g/mol. The molecule has 0 radical (unpaired) electrons. The molecule has 6 nitrogen and oxygen atoms in total. The Hall–Kier alpha value is -2.76. The Morgan fingerprint density at radius 3 is 2.57 bits per heavy atom. The average molecular weight is 288 g/mol. The topological polar surface area (TPSA) is 95.6 Å². The van der Waals surface area contributed by atoms with Crippen LogP contribution in [0.1, 0.15) is 24.1 Å². The molecule has 1 unspecified atom stereocenters. The zero-order valence-corrected chi connectivity index (χ0v) is 11.7. The van der Waals surface area contributed by atoms with Crippen molar-refractivity contribution in [3.8, 4) is 11.5 Å². The Morgan fingerprint density at radius 2 is 1.90 bits per heavy atom. The Bertz CT molecular complexity index is 685. The van der Waals surface area contributed by atoms with Gasteiger partial charge in [-0.3, -0.25) is 10.1 Å². The highest BCUT2D eigenvalue weighted by Crippen LogP contribution is 2.33. The predicted molar refractivity (Wildman–Crippen MR) is 79.6 cm³/mol. The van der Waals surface area contributed by atoms with Crippen LogP contribution in [-0.2, 0) is 0 Å². The van der Waals surface area contributed by atoms with E-state index < -0.39 is 11.0 Å². The van der Waals surface area contributed by atoms with Gasteiger partial charge >= 0.3 is 0 Å². The third-order valence-corrected chi connectivity index (χ3v) is 3.20. The first-order valence-corrected chi connectivity index (χ1v) is 6.42. The van der Waals surface area contributed by atoms with Gasteiger partial charge in [0.1, 0.15) is 17.2 Å². The summed E-state index contributed by atoms with van der Waals surface area (Å²) in [7, 11) is 0. The number of anilines is 1. The molecule has 0 saturated carbocycles. The van der Waals surface area contributed by atoms with Crippen molar-refractivity contribution in [2.45, 2.75) is 19.9 Å². The second-order valence-corrected chi connectivity index (χ2v) is 4.89. The van der Waals surface area contributed by atoms with Crippen molar-refractivity contribution in [3.05, 3.63) is 57.6 Å². The van der Waals surface area contributed by atoms with Crippen molar-refractivity contribution in [2.24, 2.45) is 0 Å². The quantitative estimate of drug-likeness (QED) is 0.454. The first-order chi connectivity index (χ1) is 9.88. The number of phenols is 2. The summed E-state index contributed by atoms with van der Waals surface area (Å²) in [5.41, 5.74) is 1.68. The molecule has 0 aliphatic carbocycles. The van der Waals surface area contributed by atoms with Gasteiger partial charge in [-0.2, -0.15) is 0 Å². The summed E-state index contributed by atoms with van der Waals surface area (Å²) < 4.78 is 0. The largest absolute Gasteiger partial charge is 0.508 e. The van der Waals surface area contributed by atoms with E-state index in [0.717, 1.165) is 5.56 Å². The Balaban J connectivity index is 2.35. The molecule has 0 bridgehead atoms. The Kier molecular flexibility index (Phi) is 3.98. The number of phenolic OH excluding ortho intramolecular Hbond substituents is 2. The minimum Gasteiger partial charge on any atom is -0.508 e. The fourth-order valence-electron chi connectivity index (χ4n) is 2.12. The van der Waals surface area contributed by atoms with Crippen molar-refractivity contribution in [1.29, 1.82) is 0 Å². The van der Waals surface area contributed by atoms with E-state index >= 15 is 0 Å². The number of nitro groups is 1. The number of nitro benzene ring substituents is 1. The first kappa shape index (κ1) is 14.6. The van der Waals surface area contributed by atoms with Crippen LogP contribution in [0.15, 0.2) is 36.4 Å². The summed E-state index contributed by atoms with van der Waals surface area (Å²) in [5, 5.41) is 33.4. The van der Waals surface area contributed by atoms with Gasteiger partial charge in [-0.1, -0.05) is 6.07 Å². The summed E-state index contributed by atoms with van der Waals surface area (Å²) in [6.07, 6.45) is 0. The summed E-state index contributed by atoms with van der Waals surface area (Å²) in [6.45, 7) is 3.59. The molecule has 0 heterocycles. The van der Waals surface area contributed by atoms with E-state index in [0.29, 0.717) is 11.3 Å². The molecule has 1 atom stereocenters. The molecule has 0 amide bonds. The zero-order valence-electron chi connectivity index (χ0n) is 11.7. The van der Waals surface area contributed by atoms with Crippen molar-refractivity contribution in [2.75, 3.05) is 5.32 Å². The van der Waals surface area contributed by atoms with E-state index in [1.165, 1.54) is 24.3 Å². The molecule has 0 aromatic heterocycles. The lowest BCUT2D eigenvalue weighted by Crippen LogP contribution is -2.08. The smallest absolute Gasteiger partial charge is 0.292 e. The van der Waals surface area contributed by atoms with Gasteiger partial charge in [0.05, 0.1) is 11.0 Å². The van der Waals surface area contributed by atoms with Crippen molar-refractivity contribution in [3.63, 3.8) is 0 Å². The number of aryl methyl sites for hydroxylation is 1. The molecule has 110 valence electrons. The Labute approximate surface area is 121 Å². The maximum absolute atomic E-state index is 11.0. The fourth-order valence-corrected chi connectivity index (χ4v) is 2.12. The number of nitrogens with one attached hydrogen (secondary N) is 1. The van der Waals surface area contributed by atoms with Gasteiger partial charge in [-0.15, -0.1) is 0 Å². The van der Waals surface area contributed by atoms with Crippen molar-refractivity contribution >= 4 is 11.4 Å². The summed E-state index contributed by atoms with van der Waals surface area (Å²) in [4.78, 5) is 10.6. The molecule has 2 aromatic carbocycles. The number of aromatic hydroxyl groups is 2. The molecule has 21 heavy (non-hydrogen) atoms. The molecule has 0 aliphatic rings. The lowest BCUT2D eigenvalue weighted by molar-refractivity contribution is -0.384. The lowest BCUT2D eigenvalue weighted by atomic mass is 10.1. The second kappa shape index (κ2) is 5.70. The van der Waals surface area contributed by atoms with E-state index in [1.54, 1.807) is 19.1 Å². The average Bonchev–Trinajstić information content (AvgIpc) is 2.41. The number of benzene rings is 2. The second-order valence-electron chi connectivity index (χ2n) is 4.89. The highest BCUT2D eigenvalue weighted by atomic mass is 16.6. The minimum absolute atomic E-state index is 0.0168. The minimum atomic E-state index is -0.461. The monoisotopic (exact) mass is 288 g/mol. The third-order valence-electron chi connectivity index (χ3n) is 3.20. The molecule has 0 fully saturated rings. The molecular formula is C15H16N2O4. The normalized spacial score (nSPS) is 11.9. The zero-order chi connectivity index (χ0) is 15.6. The van der Waals surface area contributed by atoms with Crippen LogP contribution >= 0.6 is 0 Å². The summed E-state index contributed by atoms with van der Waals surface area (Å²) in [5.74, 6) is 0.0401. The van der Waals surface area contributed by atoms with Crippen molar-refractivity contribution in [1.82, 2.24) is 0 Å². The number of hydrogen-bond donors (Lipinski definition) is 3. The molecule has 0 aliphatic heterocycles. The van der Waals surface area contributed by atoms with E-state index in [-0.39, 0.29) is 17.2 Å². The maximum Gasteiger partial charge on any atom is 0.292 e. The van der Waals surface area contributed by atoms with Gasteiger partial charge in [0, 0.05) is 11.6 Å². The van der Waals surface area contributed by atoms with Crippen molar-refractivity contribution < 1.29 is 15.1 Å². The summed E-state index contributed by atoms with van der Waals surface area (Å²) in [6, 6.07) is 8.56. The maximum atomic E-state index is 11.0. The van der Waals surface area contributed by atoms with E-state index in [9.17, 15) is 20.3 Å². The highest BCUT2D eigenvalue weighted by molar-refractivity contribution is 5.64. The van der Waals surface area contributed by atoms with Gasteiger partial charge in [0.15, 0.2) is 0 Å². The molecule has 0 saturated heterocycles. The van der Waals surface area contributed by atoms with Crippen LogP contribution in [0.2, 0.25) is 0 Å². The molecule has 0 spiro atoms. The van der Waals surface area contributed by atoms with Crippen LogP contribution in [0.5, 0.6) is 11.5 Å². The van der Waals surface area contributed by atoms with E-state index in [1.807, 2.05) is 6.92 Å². The lowest BCUT2D eigenvalue weighted by Gasteiger charge is -2.17. The standard InChI is InChI=1S/C15H16N2O4/c1-9-3-5-14(17(20)21)13(7-9)16-10(2)12-8-11(18)4-6-15(12)19/h3-8,10,16,18-19H,1-2H3. The van der Waals surface area contributed by atoms with Crippen LogP contribution in [0.25, 0.3) is 0 Å². The van der Waals surface area contributed by atoms with E-state index in [2.05, 4.69) is 5.32 Å². The van der Waals surface area contributed by atoms with Crippen LogP contribution in [-0.4, -0.2) is 15.1 Å². The van der Waals surface area contributed by atoms with Gasteiger partial charge in [-0.05, 0) is 43.7 Å². The van der Waals surface area contributed by atoms with Gasteiger partial charge < -0.3 is 15.5 Å². The molecule has 2 aromatic rings. The van der Waals surface area contributed by atoms with E-state index in [4.69, 9.17) is 0 Å². The first-order valence-electron chi connectivity index (χ1n) is 6.42. The molecule has 3 N–H and O–H groups in total. The number of nitrogens with zero attached hydrogens (tertiary/aromatic N) is 1. The third kappa shape index (κ3) is 3.22. The number of rotatable bonds is 4. The van der Waals surface area contributed by atoms with Crippen LogP contribution in [0.3, 0.4) is 0 Å². The van der Waals surface area contributed by atoms with Gasteiger partial charge in [0.25, 0.3) is 5.69 Å². The fraction of sp³-hybridized carbons (Fsp3) is 0.200. The molecule has 2 rings (SSSR count). The Morgan fingerprint density at radius 1 is 1.19 bits per heavy atom. The molecule has 6 heteroatoms. The summed E-state index contributed by atoms with van der Waals surface area (Å²) >= 11 is 0. The van der Waals surface area contributed by atoms with Gasteiger partial charge in [-0.25, -0.2) is 0 Å².